The minimum atomic E-state index is -0.126. The summed E-state index contributed by atoms with van der Waals surface area (Å²) < 4.78 is 1.53. The number of nitrogens with one attached hydrogen (secondary N) is 1. The Balaban J connectivity index is 2.23. The average molecular weight is 178 g/mol. The van der Waals surface area contributed by atoms with Gasteiger partial charge in [-0.25, -0.2) is 0 Å². The molecular formula is C8H10N4O. The lowest BCUT2D eigenvalue weighted by molar-refractivity contribution is -0.121. The van der Waals surface area contributed by atoms with E-state index in [2.05, 4.69) is 10.4 Å². The average Bonchev–Trinajstić information content (AvgIpc) is 2.57. The van der Waals surface area contributed by atoms with Crippen molar-refractivity contribution in [2.75, 3.05) is 6.54 Å². The normalized spacial score (nSPS) is 9.15. The van der Waals surface area contributed by atoms with Gasteiger partial charge >= 0.3 is 0 Å². The maximum absolute atomic E-state index is 11.1. The second-order valence-electron chi connectivity index (χ2n) is 2.46. The van der Waals surface area contributed by atoms with E-state index in [0.717, 1.165) is 0 Å². The number of rotatable bonds is 4. The Morgan fingerprint density at radius 1 is 1.69 bits per heavy atom. The van der Waals surface area contributed by atoms with Crippen molar-refractivity contribution in [1.29, 1.82) is 5.26 Å². The van der Waals surface area contributed by atoms with Crippen LogP contribution in [0.1, 0.15) is 6.42 Å². The first-order valence-electron chi connectivity index (χ1n) is 3.94. The van der Waals surface area contributed by atoms with E-state index >= 15 is 0 Å². The van der Waals surface area contributed by atoms with E-state index in [1.807, 2.05) is 6.07 Å². The summed E-state index contributed by atoms with van der Waals surface area (Å²) >= 11 is 0. The Morgan fingerprint density at radius 2 is 2.54 bits per heavy atom. The zero-order valence-electron chi connectivity index (χ0n) is 7.10. The maximum atomic E-state index is 11.1. The molecule has 0 aliphatic heterocycles. The lowest BCUT2D eigenvalue weighted by Gasteiger charge is -2.01. The Hall–Kier alpha value is -1.83. The Kier molecular flexibility index (Phi) is 3.51. The first-order valence-corrected chi connectivity index (χ1v) is 3.94. The van der Waals surface area contributed by atoms with E-state index in [1.54, 1.807) is 18.5 Å². The molecule has 1 heterocycles. The number of aromatic nitrogens is 2. The van der Waals surface area contributed by atoms with Gasteiger partial charge in [0.1, 0.15) is 6.54 Å². The third-order valence-electron chi connectivity index (χ3n) is 1.42. The molecule has 0 unspecified atom stereocenters. The Bertz CT molecular complexity index is 298. The highest BCUT2D eigenvalue weighted by molar-refractivity contribution is 5.75. The van der Waals surface area contributed by atoms with Gasteiger partial charge in [0.15, 0.2) is 0 Å². The van der Waals surface area contributed by atoms with Gasteiger partial charge in [-0.2, -0.15) is 10.4 Å². The lowest BCUT2D eigenvalue weighted by atomic mass is 10.4. The maximum Gasteiger partial charge on any atom is 0.241 e. The molecule has 0 saturated carbocycles. The fourth-order valence-electron chi connectivity index (χ4n) is 0.855. The van der Waals surface area contributed by atoms with Crippen LogP contribution in [0.3, 0.4) is 0 Å². The second-order valence-corrected chi connectivity index (χ2v) is 2.46. The molecule has 1 aromatic heterocycles. The summed E-state index contributed by atoms with van der Waals surface area (Å²) in [5.41, 5.74) is 0. The van der Waals surface area contributed by atoms with Crippen LogP contribution in [0.15, 0.2) is 18.5 Å². The summed E-state index contributed by atoms with van der Waals surface area (Å²) in [6.45, 7) is 0.606. The Labute approximate surface area is 76.0 Å². The van der Waals surface area contributed by atoms with Crippen molar-refractivity contribution in [3.63, 3.8) is 0 Å². The van der Waals surface area contributed by atoms with Gasteiger partial charge in [0.2, 0.25) is 5.91 Å². The summed E-state index contributed by atoms with van der Waals surface area (Å²) in [7, 11) is 0. The van der Waals surface area contributed by atoms with E-state index in [9.17, 15) is 4.79 Å². The largest absolute Gasteiger partial charge is 0.353 e. The summed E-state index contributed by atoms with van der Waals surface area (Å²) in [6.07, 6.45) is 3.66. The SMILES string of the molecule is N#CCCNC(=O)Cn1cccn1. The van der Waals surface area contributed by atoms with Crippen molar-refractivity contribution < 1.29 is 4.79 Å². The van der Waals surface area contributed by atoms with Crippen molar-refractivity contribution in [1.82, 2.24) is 15.1 Å². The van der Waals surface area contributed by atoms with Crippen LogP contribution < -0.4 is 5.32 Å². The van der Waals surface area contributed by atoms with E-state index in [1.165, 1.54) is 4.68 Å². The highest BCUT2D eigenvalue weighted by Gasteiger charge is 2.00. The molecule has 0 fully saturated rings. The second kappa shape index (κ2) is 4.93. The van der Waals surface area contributed by atoms with Gasteiger partial charge in [0.25, 0.3) is 0 Å². The van der Waals surface area contributed by atoms with Gasteiger partial charge in [0, 0.05) is 18.9 Å². The first-order chi connectivity index (χ1) is 6.33. The van der Waals surface area contributed by atoms with Crippen LogP contribution in [0.4, 0.5) is 0 Å². The number of carbonyl (C=O) groups is 1. The molecule has 0 spiro atoms. The summed E-state index contributed by atoms with van der Waals surface area (Å²) in [5.74, 6) is -0.126. The first kappa shape index (κ1) is 9.26. The fraction of sp³-hybridized carbons (Fsp3) is 0.375. The van der Waals surface area contributed by atoms with Crippen LogP contribution in [-0.4, -0.2) is 22.2 Å². The number of nitrogens with zero attached hydrogens (tertiary/aromatic N) is 3. The van der Waals surface area contributed by atoms with Crippen LogP contribution in [0.25, 0.3) is 0 Å². The summed E-state index contributed by atoms with van der Waals surface area (Å²) in [4.78, 5) is 11.1. The molecule has 1 aromatic rings. The standard InChI is InChI=1S/C8H10N4O/c9-3-1-4-10-8(13)7-12-6-2-5-11-12/h2,5-6H,1,4,7H2,(H,10,13). The zero-order chi connectivity index (χ0) is 9.52. The number of amides is 1. The molecule has 5 heteroatoms. The van der Waals surface area contributed by atoms with Gasteiger partial charge in [-0.3, -0.25) is 9.48 Å². The molecular weight excluding hydrogens is 168 g/mol. The summed E-state index contributed by atoms with van der Waals surface area (Å²) in [5, 5.41) is 14.7. The zero-order valence-corrected chi connectivity index (χ0v) is 7.10. The summed E-state index contributed by atoms with van der Waals surface area (Å²) in [6, 6.07) is 3.70. The van der Waals surface area contributed by atoms with E-state index in [-0.39, 0.29) is 12.5 Å². The van der Waals surface area contributed by atoms with Crippen LogP contribution in [0.2, 0.25) is 0 Å². The van der Waals surface area contributed by atoms with Gasteiger partial charge < -0.3 is 5.32 Å². The van der Waals surface area contributed by atoms with Crippen molar-refractivity contribution in [2.24, 2.45) is 0 Å². The van der Waals surface area contributed by atoms with Crippen molar-refractivity contribution >= 4 is 5.91 Å². The number of hydrogen-bond donors (Lipinski definition) is 1. The molecule has 1 amide bonds. The lowest BCUT2D eigenvalue weighted by Crippen LogP contribution is -2.28. The number of nitriles is 1. The van der Waals surface area contributed by atoms with Gasteiger partial charge in [-0.1, -0.05) is 0 Å². The van der Waals surface area contributed by atoms with Crippen molar-refractivity contribution in [3.8, 4) is 6.07 Å². The van der Waals surface area contributed by atoms with Crippen LogP contribution in [0, 0.1) is 11.3 Å². The van der Waals surface area contributed by atoms with Crippen LogP contribution in [-0.2, 0) is 11.3 Å². The predicted molar refractivity (Wildman–Crippen MR) is 45.5 cm³/mol. The molecule has 0 saturated heterocycles. The molecule has 0 aliphatic rings. The Morgan fingerprint density at radius 3 is 3.15 bits per heavy atom. The van der Waals surface area contributed by atoms with Gasteiger partial charge in [0.05, 0.1) is 12.5 Å². The molecule has 0 radical (unpaired) electrons. The van der Waals surface area contributed by atoms with Crippen molar-refractivity contribution in [2.45, 2.75) is 13.0 Å². The van der Waals surface area contributed by atoms with Gasteiger partial charge in [-0.15, -0.1) is 0 Å². The van der Waals surface area contributed by atoms with E-state index in [0.29, 0.717) is 13.0 Å². The molecule has 0 aliphatic carbocycles. The molecule has 0 aromatic carbocycles. The smallest absolute Gasteiger partial charge is 0.241 e. The third kappa shape index (κ3) is 3.38. The minimum Gasteiger partial charge on any atom is -0.353 e. The van der Waals surface area contributed by atoms with E-state index in [4.69, 9.17) is 5.26 Å². The highest BCUT2D eigenvalue weighted by atomic mass is 16.2. The molecule has 5 nitrogen and oxygen atoms in total. The molecule has 13 heavy (non-hydrogen) atoms. The number of carbonyl (C=O) groups excluding carboxylic acids is 1. The monoisotopic (exact) mass is 178 g/mol. The van der Waals surface area contributed by atoms with Crippen LogP contribution >= 0.6 is 0 Å². The molecule has 0 atom stereocenters. The minimum absolute atomic E-state index is 0.126. The topological polar surface area (TPSA) is 70.7 Å². The van der Waals surface area contributed by atoms with Crippen LogP contribution in [0.5, 0.6) is 0 Å². The fourth-order valence-corrected chi connectivity index (χ4v) is 0.855. The highest BCUT2D eigenvalue weighted by Crippen LogP contribution is 1.84. The number of hydrogen-bond acceptors (Lipinski definition) is 3. The van der Waals surface area contributed by atoms with Gasteiger partial charge in [-0.05, 0) is 6.07 Å². The molecule has 68 valence electrons. The van der Waals surface area contributed by atoms with E-state index < -0.39 is 0 Å². The van der Waals surface area contributed by atoms with Crippen molar-refractivity contribution in [3.05, 3.63) is 18.5 Å². The third-order valence-corrected chi connectivity index (χ3v) is 1.42. The quantitative estimate of drug-likeness (QED) is 0.655. The molecule has 0 bridgehead atoms. The molecule has 1 N–H and O–H groups in total. The molecule has 1 rings (SSSR count). The predicted octanol–water partition coefficient (Wildman–Crippen LogP) is -0.0870.